The van der Waals surface area contributed by atoms with Crippen LogP contribution < -0.4 is 4.74 Å². The first kappa shape index (κ1) is 29.9. The van der Waals surface area contributed by atoms with Gasteiger partial charge in [-0.05, 0) is 56.1 Å². The Balaban J connectivity index is 1.11. The Bertz CT molecular complexity index is 1360. The molecule has 2 aromatic rings. The van der Waals surface area contributed by atoms with Crippen LogP contribution in [0.4, 0.5) is 13.2 Å². The van der Waals surface area contributed by atoms with Gasteiger partial charge in [-0.1, -0.05) is 6.92 Å². The van der Waals surface area contributed by atoms with E-state index in [-0.39, 0.29) is 43.7 Å². The minimum atomic E-state index is -4.57. The number of ether oxygens (including phenoxy) is 2. The number of halogens is 3. The molecule has 0 radical (unpaired) electrons. The van der Waals surface area contributed by atoms with Gasteiger partial charge in [-0.3, -0.25) is 14.3 Å². The largest absolute Gasteiger partial charge is 0.474 e. The van der Waals surface area contributed by atoms with Crippen LogP contribution in [0.1, 0.15) is 72.8 Å². The summed E-state index contributed by atoms with van der Waals surface area (Å²) in [5.41, 5.74) is 1.49. The number of aliphatic hydroxyl groups is 1. The molecule has 2 amide bonds. The van der Waals surface area contributed by atoms with Crippen molar-refractivity contribution >= 4 is 11.8 Å². The molecule has 234 valence electrons. The Labute approximate surface area is 248 Å². The number of rotatable bonds is 8. The van der Waals surface area contributed by atoms with Gasteiger partial charge in [0, 0.05) is 56.0 Å². The zero-order valence-corrected chi connectivity index (χ0v) is 24.4. The summed E-state index contributed by atoms with van der Waals surface area (Å²) < 4.78 is 53.2. The zero-order chi connectivity index (χ0) is 30.5. The number of amides is 2. The van der Waals surface area contributed by atoms with Crippen LogP contribution >= 0.6 is 0 Å². The summed E-state index contributed by atoms with van der Waals surface area (Å²) >= 11 is 0. The summed E-state index contributed by atoms with van der Waals surface area (Å²) in [6.45, 7) is 5.77. The van der Waals surface area contributed by atoms with Crippen molar-refractivity contribution in [3.8, 4) is 5.88 Å². The van der Waals surface area contributed by atoms with Gasteiger partial charge in [-0.15, -0.1) is 0 Å². The zero-order valence-electron chi connectivity index (χ0n) is 24.4. The third-order valence-electron chi connectivity index (χ3n) is 9.59. The Morgan fingerprint density at radius 3 is 2.56 bits per heavy atom. The lowest BCUT2D eigenvalue weighted by Gasteiger charge is -2.37. The SMILES string of the molecule is C[C@@H]1C2Cc3c(c(C(=O)N4CCC(OCCO)CC4)nn3CC(=O)N3CC[C@@H](Oc4ncccc4C(F)(F)F)C[C@H]3C)C21. The van der Waals surface area contributed by atoms with Crippen LogP contribution in [0, 0.1) is 11.8 Å². The molecule has 2 saturated heterocycles. The second-order valence-electron chi connectivity index (χ2n) is 12.3. The van der Waals surface area contributed by atoms with Gasteiger partial charge in [0.2, 0.25) is 11.8 Å². The highest BCUT2D eigenvalue weighted by Gasteiger charge is 2.56. The van der Waals surface area contributed by atoms with E-state index >= 15 is 0 Å². The monoisotopic (exact) mass is 605 g/mol. The average Bonchev–Trinajstić information content (AvgIpc) is 3.27. The molecule has 1 saturated carbocycles. The third kappa shape index (κ3) is 5.85. The maximum atomic E-state index is 13.7. The fourth-order valence-corrected chi connectivity index (χ4v) is 7.20. The lowest BCUT2D eigenvalue weighted by Crippen LogP contribution is -2.48. The van der Waals surface area contributed by atoms with Crippen LogP contribution in [-0.4, -0.2) is 92.6 Å². The number of aromatic nitrogens is 3. The number of aliphatic hydroxyl groups excluding tert-OH is 1. The van der Waals surface area contributed by atoms with Gasteiger partial charge in [-0.2, -0.15) is 18.3 Å². The predicted octanol–water partition coefficient (Wildman–Crippen LogP) is 3.27. The molecule has 5 atom stereocenters. The first-order chi connectivity index (χ1) is 20.6. The maximum Gasteiger partial charge on any atom is 0.421 e. The van der Waals surface area contributed by atoms with Crippen molar-refractivity contribution in [2.75, 3.05) is 32.8 Å². The number of pyridine rings is 1. The Morgan fingerprint density at radius 1 is 1.12 bits per heavy atom. The normalized spacial score (nSPS) is 27.2. The number of likely N-dealkylation sites (tertiary alicyclic amines) is 2. The molecule has 3 fully saturated rings. The number of fused-ring (bicyclic) bond motifs is 3. The Morgan fingerprint density at radius 2 is 1.86 bits per heavy atom. The van der Waals surface area contributed by atoms with Gasteiger partial charge in [0.25, 0.3) is 5.91 Å². The van der Waals surface area contributed by atoms with Crippen molar-refractivity contribution in [1.82, 2.24) is 24.6 Å². The highest BCUT2D eigenvalue weighted by Crippen LogP contribution is 2.62. The van der Waals surface area contributed by atoms with Crippen molar-refractivity contribution in [2.45, 2.75) is 82.8 Å². The van der Waals surface area contributed by atoms with E-state index in [1.54, 1.807) is 9.58 Å². The minimum absolute atomic E-state index is 0.00876. The summed E-state index contributed by atoms with van der Waals surface area (Å²) in [4.78, 5) is 34.5. The van der Waals surface area contributed by atoms with Crippen LogP contribution in [0.3, 0.4) is 0 Å². The second-order valence-corrected chi connectivity index (χ2v) is 12.3. The van der Waals surface area contributed by atoms with Gasteiger partial charge < -0.3 is 24.4 Å². The molecule has 2 unspecified atom stereocenters. The maximum absolute atomic E-state index is 13.7. The number of nitrogens with zero attached hydrogens (tertiary/aromatic N) is 5. The van der Waals surface area contributed by atoms with Crippen molar-refractivity contribution in [2.24, 2.45) is 11.8 Å². The van der Waals surface area contributed by atoms with Gasteiger partial charge in [0.05, 0.1) is 19.3 Å². The molecule has 2 aliphatic carbocycles. The lowest BCUT2D eigenvalue weighted by atomic mass is 10.0. The van der Waals surface area contributed by atoms with E-state index in [1.807, 2.05) is 11.8 Å². The van der Waals surface area contributed by atoms with E-state index in [2.05, 4.69) is 11.9 Å². The van der Waals surface area contributed by atoms with Crippen molar-refractivity contribution < 1.29 is 37.3 Å². The number of hydrogen-bond acceptors (Lipinski definition) is 7. The summed E-state index contributed by atoms with van der Waals surface area (Å²) in [5, 5.41) is 13.7. The van der Waals surface area contributed by atoms with Gasteiger partial charge in [0.1, 0.15) is 18.2 Å². The van der Waals surface area contributed by atoms with E-state index in [1.165, 1.54) is 12.3 Å². The van der Waals surface area contributed by atoms with Crippen LogP contribution in [0.25, 0.3) is 0 Å². The molecular weight excluding hydrogens is 567 g/mol. The van der Waals surface area contributed by atoms with Crippen LogP contribution in [0.15, 0.2) is 18.3 Å². The third-order valence-corrected chi connectivity index (χ3v) is 9.59. The number of piperidine rings is 2. The average molecular weight is 606 g/mol. The van der Waals surface area contributed by atoms with Gasteiger partial charge in [0.15, 0.2) is 5.69 Å². The van der Waals surface area contributed by atoms with E-state index in [4.69, 9.17) is 19.7 Å². The van der Waals surface area contributed by atoms with Crippen molar-refractivity contribution in [3.63, 3.8) is 0 Å². The highest BCUT2D eigenvalue weighted by molar-refractivity contribution is 5.95. The number of hydrogen-bond donors (Lipinski definition) is 1. The highest BCUT2D eigenvalue weighted by atomic mass is 19.4. The van der Waals surface area contributed by atoms with Crippen molar-refractivity contribution in [3.05, 3.63) is 40.8 Å². The summed E-state index contributed by atoms with van der Waals surface area (Å²) in [6, 6.07) is 1.93. The van der Waals surface area contributed by atoms with E-state index < -0.39 is 23.7 Å². The first-order valence-electron chi connectivity index (χ1n) is 15.2. The quantitative estimate of drug-likeness (QED) is 0.492. The Kier molecular flexibility index (Phi) is 8.14. The van der Waals surface area contributed by atoms with Crippen LogP contribution in [-0.2, 0) is 28.7 Å². The molecule has 6 rings (SSSR count). The number of alkyl halides is 3. The van der Waals surface area contributed by atoms with Gasteiger partial charge in [-0.25, -0.2) is 4.98 Å². The smallest absolute Gasteiger partial charge is 0.421 e. The van der Waals surface area contributed by atoms with E-state index in [9.17, 15) is 22.8 Å². The number of carbonyl (C=O) groups excluding carboxylic acids is 2. The number of carbonyl (C=O) groups is 2. The fourth-order valence-electron chi connectivity index (χ4n) is 7.20. The van der Waals surface area contributed by atoms with E-state index in [0.717, 1.165) is 23.7 Å². The molecule has 2 aromatic heterocycles. The molecule has 43 heavy (non-hydrogen) atoms. The minimum Gasteiger partial charge on any atom is -0.474 e. The molecular formula is C30H38F3N5O5. The van der Waals surface area contributed by atoms with Gasteiger partial charge >= 0.3 is 6.18 Å². The Hall–Kier alpha value is -3.19. The molecule has 0 spiro atoms. The molecule has 13 heteroatoms. The van der Waals surface area contributed by atoms with E-state index in [0.29, 0.717) is 68.8 Å². The summed E-state index contributed by atoms with van der Waals surface area (Å²) in [5.74, 6) is 0.565. The fraction of sp³-hybridized carbons (Fsp3) is 0.667. The molecule has 0 aromatic carbocycles. The first-order valence-corrected chi connectivity index (χ1v) is 15.2. The molecule has 10 nitrogen and oxygen atoms in total. The second kappa shape index (κ2) is 11.7. The molecule has 2 aliphatic heterocycles. The topological polar surface area (TPSA) is 110 Å². The molecule has 1 N–H and O–H groups in total. The summed E-state index contributed by atoms with van der Waals surface area (Å²) in [7, 11) is 0. The van der Waals surface area contributed by atoms with Crippen LogP contribution in [0.5, 0.6) is 5.88 Å². The lowest BCUT2D eigenvalue weighted by molar-refractivity contribution is -0.140. The predicted molar refractivity (Wildman–Crippen MR) is 147 cm³/mol. The molecule has 4 aliphatic rings. The molecule has 0 bridgehead atoms. The van der Waals surface area contributed by atoms with Crippen LogP contribution in [0.2, 0.25) is 0 Å². The molecule has 4 heterocycles. The summed E-state index contributed by atoms with van der Waals surface area (Å²) in [6.07, 6.45) is -0.824. The standard InChI is InChI=1S/C30H38F3N5O5/c1-17-14-20(43-28-22(30(31,32)33)4-3-8-34-28)7-11-37(17)24(40)16-38-23-15-21-18(2)25(21)26(23)27(35-38)29(41)36-9-5-19(6-10-36)42-13-12-39/h3-4,8,17-21,25,39H,5-7,9-16H2,1-2H3/t17-,18-,20-,21?,25?/m1/s1. The van der Waals surface area contributed by atoms with Crippen molar-refractivity contribution in [1.29, 1.82) is 0 Å².